The molecule has 2 rings (SSSR count). The summed E-state index contributed by atoms with van der Waals surface area (Å²) in [7, 11) is 0. The predicted octanol–water partition coefficient (Wildman–Crippen LogP) is 3.58. The minimum Gasteiger partial charge on any atom is -0.326 e. The fraction of sp³-hybridized carbons (Fsp3) is 0.333. The number of rotatable bonds is 3. The van der Waals surface area contributed by atoms with Crippen LogP contribution in [-0.4, -0.2) is 22.2 Å². The van der Waals surface area contributed by atoms with Crippen LogP contribution in [-0.2, 0) is 4.79 Å². The van der Waals surface area contributed by atoms with Crippen LogP contribution in [0, 0.1) is 0 Å². The Morgan fingerprint density at radius 1 is 1.32 bits per heavy atom. The molecule has 0 unspecified atom stereocenters. The molecule has 1 aliphatic heterocycles. The van der Waals surface area contributed by atoms with Gasteiger partial charge in [-0.2, -0.15) is 0 Å². The molecule has 0 saturated heterocycles. The topological polar surface area (TPSA) is 41.5 Å². The molecule has 0 spiro atoms. The molecule has 0 aromatic heterocycles. The third-order valence-corrected chi connectivity index (χ3v) is 4.01. The average Bonchev–Trinajstić information content (AvgIpc) is 2.67. The molecule has 0 saturated carbocycles. The summed E-state index contributed by atoms with van der Waals surface area (Å²) >= 11 is 1.79. The van der Waals surface area contributed by atoms with Gasteiger partial charge in [0.15, 0.2) is 0 Å². The number of nitrogens with one attached hydrogen (secondary N) is 1. The first kappa shape index (κ1) is 13.9. The van der Waals surface area contributed by atoms with E-state index in [1.807, 2.05) is 36.4 Å². The maximum atomic E-state index is 10.9. The van der Waals surface area contributed by atoms with Crippen molar-refractivity contribution < 1.29 is 4.79 Å². The number of nitrogens with zero attached hydrogens (tertiary/aromatic N) is 1. The van der Waals surface area contributed by atoms with Gasteiger partial charge in [-0.3, -0.25) is 9.79 Å². The number of thioether (sulfide) groups is 1. The van der Waals surface area contributed by atoms with E-state index in [2.05, 4.69) is 24.2 Å². The lowest BCUT2D eigenvalue weighted by Gasteiger charge is -2.09. The molecular formula is C15H18N2OS. The van der Waals surface area contributed by atoms with Crippen molar-refractivity contribution in [2.75, 3.05) is 11.1 Å². The van der Waals surface area contributed by atoms with E-state index in [0.29, 0.717) is 0 Å². The summed E-state index contributed by atoms with van der Waals surface area (Å²) in [5, 5.41) is 3.83. The smallest absolute Gasteiger partial charge is 0.221 e. The Bertz CT molecular complexity index is 530. The van der Waals surface area contributed by atoms with Crippen LogP contribution in [0.5, 0.6) is 0 Å². The van der Waals surface area contributed by atoms with E-state index in [1.54, 1.807) is 11.8 Å². The monoisotopic (exact) mass is 274 g/mol. The van der Waals surface area contributed by atoms with Gasteiger partial charge in [0.25, 0.3) is 0 Å². The number of hydrogen-bond donors (Lipinski definition) is 1. The van der Waals surface area contributed by atoms with Crippen LogP contribution >= 0.6 is 11.8 Å². The van der Waals surface area contributed by atoms with Gasteiger partial charge in [-0.1, -0.05) is 18.2 Å². The largest absolute Gasteiger partial charge is 0.326 e. The summed E-state index contributed by atoms with van der Waals surface area (Å²) in [6.45, 7) is 5.79. The Labute approximate surface area is 118 Å². The molecule has 1 amide bonds. The summed E-state index contributed by atoms with van der Waals surface area (Å²) in [6.07, 6.45) is 4.09. The van der Waals surface area contributed by atoms with E-state index in [1.165, 1.54) is 6.92 Å². The van der Waals surface area contributed by atoms with E-state index >= 15 is 0 Å². The number of aliphatic imine (C=N–C) groups is 1. The van der Waals surface area contributed by atoms with Crippen molar-refractivity contribution in [3.05, 3.63) is 35.9 Å². The number of hydrogen-bond acceptors (Lipinski definition) is 3. The second-order valence-electron chi connectivity index (χ2n) is 5.19. The normalized spacial score (nSPS) is 17.5. The van der Waals surface area contributed by atoms with E-state index in [9.17, 15) is 4.79 Å². The summed E-state index contributed by atoms with van der Waals surface area (Å²) in [5.41, 5.74) is 1.97. The molecule has 1 aromatic rings. The molecule has 100 valence electrons. The summed E-state index contributed by atoms with van der Waals surface area (Å²) in [4.78, 5) is 15.5. The van der Waals surface area contributed by atoms with E-state index < -0.39 is 0 Å². The first-order valence-electron chi connectivity index (χ1n) is 6.23. The molecule has 1 aliphatic rings. The fourth-order valence-corrected chi connectivity index (χ4v) is 2.79. The molecular weight excluding hydrogens is 256 g/mol. The van der Waals surface area contributed by atoms with Crippen molar-refractivity contribution in [2.45, 2.75) is 26.3 Å². The van der Waals surface area contributed by atoms with Crippen LogP contribution in [0.2, 0.25) is 0 Å². The van der Waals surface area contributed by atoms with Crippen molar-refractivity contribution in [2.24, 2.45) is 4.99 Å². The maximum absolute atomic E-state index is 10.9. The van der Waals surface area contributed by atoms with Crippen molar-refractivity contribution in [3.8, 4) is 0 Å². The zero-order valence-electron chi connectivity index (χ0n) is 11.4. The molecule has 0 aliphatic carbocycles. The number of anilines is 1. The van der Waals surface area contributed by atoms with Gasteiger partial charge in [-0.25, -0.2) is 0 Å². The zero-order valence-corrected chi connectivity index (χ0v) is 12.3. The second-order valence-corrected chi connectivity index (χ2v) is 6.18. The minimum atomic E-state index is -0.0535. The van der Waals surface area contributed by atoms with Gasteiger partial charge in [0.2, 0.25) is 5.91 Å². The lowest BCUT2D eigenvalue weighted by molar-refractivity contribution is -0.114. The Morgan fingerprint density at radius 2 is 2.00 bits per heavy atom. The van der Waals surface area contributed by atoms with Gasteiger partial charge in [0.05, 0.1) is 10.6 Å². The van der Waals surface area contributed by atoms with Crippen molar-refractivity contribution >= 4 is 34.5 Å². The standard InChI is InChI=1S/C15H18N2OS/c1-11(18)16-13-7-4-12(5-8-13)6-9-14-17-15(2,3)10-19-14/h4-9H,10H2,1-3H3,(H,16,18)/b9-6+. The first-order chi connectivity index (χ1) is 8.94. The zero-order chi connectivity index (χ0) is 13.9. The number of carbonyl (C=O) groups excluding carboxylic acids is 1. The molecule has 4 heteroatoms. The number of carbonyl (C=O) groups is 1. The van der Waals surface area contributed by atoms with Crippen LogP contribution < -0.4 is 5.32 Å². The van der Waals surface area contributed by atoms with Crippen LogP contribution in [0.4, 0.5) is 5.69 Å². The first-order valence-corrected chi connectivity index (χ1v) is 7.22. The Kier molecular flexibility index (Phi) is 4.10. The van der Waals surface area contributed by atoms with Crippen molar-refractivity contribution in [1.82, 2.24) is 0 Å². The SMILES string of the molecule is CC(=O)Nc1ccc(/C=C/C2=NC(C)(C)CS2)cc1. The highest BCUT2D eigenvalue weighted by atomic mass is 32.2. The summed E-state index contributed by atoms with van der Waals surface area (Å²) in [6, 6.07) is 7.75. The molecule has 1 N–H and O–H groups in total. The molecule has 1 aromatic carbocycles. The third-order valence-electron chi connectivity index (χ3n) is 2.64. The molecule has 0 atom stereocenters. The molecule has 19 heavy (non-hydrogen) atoms. The van der Waals surface area contributed by atoms with Gasteiger partial charge in [0, 0.05) is 18.4 Å². The summed E-state index contributed by atoms with van der Waals surface area (Å²) < 4.78 is 0. The molecule has 1 heterocycles. The second kappa shape index (κ2) is 5.61. The van der Waals surface area contributed by atoms with E-state index in [4.69, 9.17) is 0 Å². The minimum absolute atomic E-state index is 0.0535. The Morgan fingerprint density at radius 3 is 2.53 bits per heavy atom. The van der Waals surface area contributed by atoms with E-state index in [0.717, 1.165) is 22.0 Å². The van der Waals surface area contributed by atoms with Crippen LogP contribution in [0.1, 0.15) is 26.3 Å². The lowest BCUT2D eigenvalue weighted by atomic mass is 10.1. The third kappa shape index (κ3) is 4.24. The van der Waals surface area contributed by atoms with Gasteiger partial charge in [-0.15, -0.1) is 11.8 Å². The quantitative estimate of drug-likeness (QED) is 0.915. The summed E-state index contributed by atoms with van der Waals surface area (Å²) in [5.74, 6) is 0.982. The predicted molar refractivity (Wildman–Crippen MR) is 83.8 cm³/mol. The molecule has 0 bridgehead atoms. The molecule has 0 radical (unpaired) electrons. The van der Waals surface area contributed by atoms with E-state index in [-0.39, 0.29) is 11.4 Å². The van der Waals surface area contributed by atoms with Crippen molar-refractivity contribution in [3.63, 3.8) is 0 Å². The highest BCUT2D eigenvalue weighted by Gasteiger charge is 2.23. The highest BCUT2D eigenvalue weighted by molar-refractivity contribution is 8.14. The van der Waals surface area contributed by atoms with Gasteiger partial charge in [0.1, 0.15) is 0 Å². The lowest BCUT2D eigenvalue weighted by Crippen LogP contribution is -2.15. The number of amides is 1. The average molecular weight is 274 g/mol. The fourth-order valence-electron chi connectivity index (χ4n) is 1.75. The highest BCUT2D eigenvalue weighted by Crippen LogP contribution is 2.27. The van der Waals surface area contributed by atoms with Gasteiger partial charge in [-0.05, 0) is 37.6 Å². The van der Waals surface area contributed by atoms with Crippen molar-refractivity contribution in [1.29, 1.82) is 0 Å². The Hall–Kier alpha value is -1.55. The van der Waals surface area contributed by atoms with Gasteiger partial charge >= 0.3 is 0 Å². The molecule has 3 nitrogen and oxygen atoms in total. The van der Waals surface area contributed by atoms with Crippen LogP contribution in [0.15, 0.2) is 35.3 Å². The van der Waals surface area contributed by atoms with Gasteiger partial charge < -0.3 is 5.32 Å². The number of benzene rings is 1. The van der Waals surface area contributed by atoms with Crippen LogP contribution in [0.25, 0.3) is 6.08 Å². The molecule has 0 fully saturated rings. The van der Waals surface area contributed by atoms with Crippen LogP contribution in [0.3, 0.4) is 0 Å². The Balaban J connectivity index is 2.02. The maximum Gasteiger partial charge on any atom is 0.221 e.